The predicted octanol–water partition coefficient (Wildman–Crippen LogP) is 5.29. The van der Waals surface area contributed by atoms with Gasteiger partial charge in [-0.2, -0.15) is 18.3 Å². The Balaban J connectivity index is 0.885. The van der Waals surface area contributed by atoms with Crippen LogP contribution in [0.2, 0.25) is 0 Å². The number of imidazole rings is 1. The first-order valence-corrected chi connectivity index (χ1v) is 20.4. The second-order valence-corrected chi connectivity index (χ2v) is 17.0. The molecule has 1 unspecified atom stereocenters. The third-order valence-electron chi connectivity index (χ3n) is 12.5. The number of carbonyl (C=O) groups excluding carboxylic acids is 3. The topological polar surface area (TPSA) is 173 Å². The van der Waals surface area contributed by atoms with Crippen LogP contribution in [-0.4, -0.2) is 89.3 Å². The standard InChI is InChI=1S/C42H49F3N10O5/c1-41(2,60)28-21-30-25(20-31(28)47-37(57)29-14-17-46-39(48-29)42(43,44)45)23-54(50-30)27-10-8-24(9-11-27)22-51(3)26-15-18-53(19-16-26)32-6-5-7-33-36(32)52(4)40(59)55(33)34-12-13-35(56)49-38(34)58/h5-7,14,17,20-21,23-24,26-27,34,60H,8-13,15-16,18-19,22H2,1-4H3,(H,47,57)(H,49,56,58). The maximum Gasteiger partial charge on any atom is 0.451 e. The molecule has 8 rings (SSSR count). The number of nitrogens with zero attached hydrogens (tertiary/aromatic N) is 8. The van der Waals surface area contributed by atoms with E-state index in [0.29, 0.717) is 28.6 Å². The van der Waals surface area contributed by atoms with Gasteiger partial charge in [0.1, 0.15) is 11.7 Å². The maximum atomic E-state index is 13.5. The Morgan fingerprint density at radius 3 is 2.43 bits per heavy atom. The smallest absolute Gasteiger partial charge is 0.386 e. The summed E-state index contributed by atoms with van der Waals surface area (Å²) in [5, 5.41) is 21.6. The molecule has 318 valence electrons. The summed E-state index contributed by atoms with van der Waals surface area (Å²) in [6.45, 7) is 5.75. The molecule has 1 aliphatic carbocycles. The van der Waals surface area contributed by atoms with Crippen LogP contribution in [0.15, 0.2) is 53.6 Å². The molecule has 3 aromatic heterocycles. The average molecular weight is 831 g/mol. The van der Waals surface area contributed by atoms with Crippen LogP contribution in [0.25, 0.3) is 21.9 Å². The average Bonchev–Trinajstić information content (AvgIpc) is 3.74. The van der Waals surface area contributed by atoms with E-state index in [1.165, 1.54) is 4.57 Å². The van der Waals surface area contributed by atoms with Gasteiger partial charge in [-0.05, 0) is 102 Å². The van der Waals surface area contributed by atoms with Gasteiger partial charge in [0.05, 0.1) is 33.9 Å². The highest BCUT2D eigenvalue weighted by molar-refractivity contribution is 6.04. The van der Waals surface area contributed by atoms with Crippen molar-refractivity contribution in [1.82, 2.24) is 39.1 Å². The summed E-state index contributed by atoms with van der Waals surface area (Å²) in [5.74, 6) is -2.52. The lowest BCUT2D eigenvalue weighted by atomic mass is 9.85. The molecule has 5 heterocycles. The van der Waals surface area contributed by atoms with Gasteiger partial charge < -0.3 is 20.2 Å². The number of fused-ring (bicyclic) bond motifs is 2. The number of aryl methyl sites for hydroxylation is 1. The van der Waals surface area contributed by atoms with Crippen LogP contribution in [0.5, 0.6) is 0 Å². The van der Waals surface area contributed by atoms with Crippen molar-refractivity contribution in [3.8, 4) is 0 Å². The third kappa shape index (κ3) is 8.01. The number of anilines is 2. The van der Waals surface area contributed by atoms with Crippen molar-refractivity contribution in [2.45, 2.75) is 95.1 Å². The van der Waals surface area contributed by atoms with Crippen molar-refractivity contribution in [3.63, 3.8) is 0 Å². The van der Waals surface area contributed by atoms with Gasteiger partial charge in [-0.1, -0.05) is 6.07 Å². The van der Waals surface area contributed by atoms with Crippen LogP contribution >= 0.6 is 0 Å². The number of rotatable bonds is 9. The van der Waals surface area contributed by atoms with Crippen LogP contribution in [0, 0.1) is 5.92 Å². The van der Waals surface area contributed by atoms with E-state index in [9.17, 15) is 37.5 Å². The van der Waals surface area contributed by atoms with E-state index in [1.54, 1.807) is 37.6 Å². The Morgan fingerprint density at radius 1 is 1.02 bits per heavy atom. The third-order valence-corrected chi connectivity index (χ3v) is 12.5. The number of aromatic nitrogens is 6. The van der Waals surface area contributed by atoms with E-state index in [4.69, 9.17) is 5.10 Å². The van der Waals surface area contributed by atoms with Crippen molar-refractivity contribution >= 4 is 51.0 Å². The molecular weight excluding hydrogens is 782 g/mol. The molecular formula is C42H49F3N10O5. The quantitative estimate of drug-likeness (QED) is 0.166. The molecule has 0 bridgehead atoms. The maximum absolute atomic E-state index is 13.5. The normalized spacial score (nSPS) is 20.9. The number of piperidine rings is 2. The number of amides is 3. The molecule has 60 heavy (non-hydrogen) atoms. The predicted molar refractivity (Wildman–Crippen MR) is 217 cm³/mol. The van der Waals surface area contributed by atoms with Gasteiger partial charge >= 0.3 is 11.9 Å². The van der Waals surface area contributed by atoms with Gasteiger partial charge in [-0.15, -0.1) is 0 Å². The Bertz CT molecular complexity index is 2520. The number of alkyl halides is 3. The first-order valence-electron chi connectivity index (χ1n) is 20.4. The van der Waals surface area contributed by atoms with E-state index >= 15 is 0 Å². The van der Waals surface area contributed by atoms with E-state index < -0.39 is 41.2 Å². The number of hydrogen-bond donors (Lipinski definition) is 3. The Hall–Kier alpha value is -5.62. The number of imide groups is 1. The minimum absolute atomic E-state index is 0.163. The van der Waals surface area contributed by atoms with E-state index in [-0.39, 0.29) is 36.2 Å². The molecule has 18 heteroatoms. The van der Waals surface area contributed by atoms with Crippen molar-refractivity contribution in [3.05, 3.63) is 76.4 Å². The molecule has 3 amide bonds. The molecule has 0 spiro atoms. The zero-order chi connectivity index (χ0) is 42.7. The molecule has 0 radical (unpaired) electrons. The van der Waals surface area contributed by atoms with Gasteiger partial charge in [0, 0.05) is 68.2 Å². The molecule has 1 atom stereocenters. The van der Waals surface area contributed by atoms with E-state index in [1.807, 2.05) is 29.1 Å². The van der Waals surface area contributed by atoms with Crippen molar-refractivity contribution < 1.29 is 32.7 Å². The summed E-state index contributed by atoms with van der Waals surface area (Å²) >= 11 is 0. The molecule has 3 fully saturated rings. The molecule has 3 N–H and O–H groups in total. The minimum atomic E-state index is -4.81. The summed E-state index contributed by atoms with van der Waals surface area (Å²) in [6.07, 6.45) is 4.32. The van der Waals surface area contributed by atoms with Crippen LogP contribution < -0.4 is 21.2 Å². The minimum Gasteiger partial charge on any atom is -0.386 e. The van der Waals surface area contributed by atoms with Gasteiger partial charge in [-0.25, -0.2) is 14.8 Å². The lowest BCUT2D eigenvalue weighted by molar-refractivity contribution is -0.145. The zero-order valence-corrected chi connectivity index (χ0v) is 34.0. The van der Waals surface area contributed by atoms with Crippen LogP contribution in [0.3, 0.4) is 0 Å². The Morgan fingerprint density at radius 2 is 1.75 bits per heavy atom. The van der Waals surface area contributed by atoms with Crippen LogP contribution in [0.1, 0.15) is 99.2 Å². The highest BCUT2D eigenvalue weighted by Crippen LogP contribution is 2.37. The Labute approximate surface area is 343 Å². The lowest BCUT2D eigenvalue weighted by Gasteiger charge is -2.40. The zero-order valence-electron chi connectivity index (χ0n) is 34.0. The van der Waals surface area contributed by atoms with Gasteiger partial charge in [0.25, 0.3) is 5.91 Å². The van der Waals surface area contributed by atoms with Crippen LogP contribution in [0.4, 0.5) is 24.5 Å². The fraction of sp³-hybridized carbons (Fsp3) is 0.500. The number of nitrogens with one attached hydrogen (secondary N) is 2. The second kappa shape index (κ2) is 15.8. The van der Waals surface area contributed by atoms with Gasteiger partial charge in [0.15, 0.2) is 0 Å². The first-order chi connectivity index (χ1) is 28.5. The SMILES string of the molecule is CN(CC1CCC(n2cc3cc(NC(=O)c4ccnc(C(F)(F)F)n4)c(C(C)(C)O)cc3n2)CC1)C1CCN(c2cccc3c2n(C)c(=O)n3C2CCC(=O)NC2=O)CC1. The number of halogens is 3. The number of aliphatic hydroxyl groups is 1. The summed E-state index contributed by atoms with van der Waals surface area (Å²) in [5.41, 5.74) is 1.55. The molecule has 15 nitrogen and oxygen atoms in total. The van der Waals surface area contributed by atoms with Crippen molar-refractivity contribution in [2.75, 3.05) is 36.9 Å². The number of para-hydroxylation sites is 1. The fourth-order valence-corrected chi connectivity index (χ4v) is 9.29. The van der Waals surface area contributed by atoms with E-state index in [2.05, 4.69) is 37.4 Å². The monoisotopic (exact) mass is 830 g/mol. The molecule has 2 aromatic carbocycles. The molecule has 2 saturated heterocycles. The Kier molecular flexibility index (Phi) is 10.8. The molecule has 5 aromatic rings. The van der Waals surface area contributed by atoms with Gasteiger partial charge in [-0.3, -0.25) is 33.5 Å². The second-order valence-electron chi connectivity index (χ2n) is 17.0. The number of carbonyl (C=O) groups is 3. The summed E-state index contributed by atoms with van der Waals surface area (Å²) in [4.78, 5) is 62.5. The summed E-state index contributed by atoms with van der Waals surface area (Å²) < 4.78 is 44.7. The summed E-state index contributed by atoms with van der Waals surface area (Å²) in [7, 11) is 3.94. The van der Waals surface area contributed by atoms with Crippen molar-refractivity contribution in [2.24, 2.45) is 13.0 Å². The number of benzene rings is 2. The van der Waals surface area contributed by atoms with Crippen molar-refractivity contribution in [1.29, 1.82) is 0 Å². The molecule has 2 aliphatic heterocycles. The largest absolute Gasteiger partial charge is 0.451 e. The molecule has 1 saturated carbocycles. The van der Waals surface area contributed by atoms with Crippen LogP contribution in [-0.2, 0) is 28.4 Å². The number of hydrogen-bond acceptors (Lipinski definition) is 10. The fourth-order valence-electron chi connectivity index (χ4n) is 9.29. The lowest BCUT2D eigenvalue weighted by Crippen LogP contribution is -2.45. The van der Waals surface area contributed by atoms with Gasteiger partial charge in [0.2, 0.25) is 17.6 Å². The van der Waals surface area contributed by atoms with E-state index in [0.717, 1.165) is 87.0 Å². The highest BCUT2D eigenvalue weighted by atomic mass is 19.4. The summed E-state index contributed by atoms with van der Waals surface area (Å²) in [6, 6.07) is 10.2. The highest BCUT2D eigenvalue weighted by Gasteiger charge is 2.36. The molecule has 3 aliphatic rings. The first kappa shape index (κ1) is 41.1.